The van der Waals surface area contributed by atoms with Gasteiger partial charge in [0.2, 0.25) is 11.8 Å². The molecular formula is C25H33BrN2O4. The van der Waals surface area contributed by atoms with Gasteiger partial charge in [0.05, 0.1) is 13.2 Å². The number of likely N-dealkylation sites (N-methyl/N-ethyl adjacent to an activating group) is 1. The molecule has 0 aromatic heterocycles. The fraction of sp³-hybridized carbons (Fsp3) is 0.440. The number of carbonyl (C=O) groups excluding carboxylic acids is 2. The number of benzene rings is 2. The molecule has 6 nitrogen and oxygen atoms in total. The van der Waals surface area contributed by atoms with E-state index in [1.807, 2.05) is 63.2 Å². The predicted octanol–water partition coefficient (Wildman–Crippen LogP) is 4.73. The first kappa shape index (κ1) is 25.7. The van der Waals surface area contributed by atoms with E-state index in [-0.39, 0.29) is 18.2 Å². The Morgan fingerprint density at radius 1 is 1.00 bits per heavy atom. The molecule has 2 amide bonds. The van der Waals surface area contributed by atoms with Gasteiger partial charge in [0.15, 0.2) is 11.5 Å². The van der Waals surface area contributed by atoms with Crippen LogP contribution < -0.4 is 14.8 Å². The second kappa shape index (κ2) is 13.1. The molecule has 0 spiro atoms. The highest BCUT2D eigenvalue weighted by atomic mass is 79.9. The van der Waals surface area contributed by atoms with Crippen molar-refractivity contribution in [2.24, 2.45) is 0 Å². The summed E-state index contributed by atoms with van der Waals surface area (Å²) in [5.74, 6) is 1.15. The van der Waals surface area contributed by atoms with Crippen molar-refractivity contribution < 1.29 is 19.1 Å². The Balaban J connectivity index is 2.16. The molecule has 0 bridgehead atoms. The van der Waals surface area contributed by atoms with Gasteiger partial charge in [-0.15, -0.1) is 0 Å². The zero-order valence-corrected chi connectivity index (χ0v) is 20.9. The van der Waals surface area contributed by atoms with E-state index >= 15 is 0 Å². The first-order valence-corrected chi connectivity index (χ1v) is 11.9. The summed E-state index contributed by atoms with van der Waals surface area (Å²) in [6, 6.07) is 13.0. The number of halogens is 1. The maximum absolute atomic E-state index is 13.2. The van der Waals surface area contributed by atoms with Crippen LogP contribution in [0, 0.1) is 0 Å². The first-order chi connectivity index (χ1) is 15.4. The third-order valence-electron chi connectivity index (χ3n) is 5.00. The van der Waals surface area contributed by atoms with Crippen LogP contribution in [0.4, 0.5) is 0 Å². The quantitative estimate of drug-likeness (QED) is 0.453. The predicted molar refractivity (Wildman–Crippen MR) is 130 cm³/mol. The number of ether oxygens (including phenoxy) is 2. The normalized spacial score (nSPS) is 11.5. The molecule has 0 unspecified atom stereocenters. The molecule has 7 heteroatoms. The van der Waals surface area contributed by atoms with E-state index in [4.69, 9.17) is 9.47 Å². The third kappa shape index (κ3) is 7.55. The van der Waals surface area contributed by atoms with Crippen LogP contribution in [0.25, 0.3) is 0 Å². The average Bonchev–Trinajstić information content (AvgIpc) is 2.77. The molecule has 2 aromatic carbocycles. The topological polar surface area (TPSA) is 67.9 Å². The number of carbonyl (C=O) groups is 2. The largest absolute Gasteiger partial charge is 0.490 e. The molecule has 0 radical (unpaired) electrons. The highest BCUT2D eigenvalue weighted by Crippen LogP contribution is 2.29. The molecular weight excluding hydrogens is 472 g/mol. The van der Waals surface area contributed by atoms with Crippen molar-refractivity contribution in [1.82, 2.24) is 10.2 Å². The van der Waals surface area contributed by atoms with Gasteiger partial charge in [0.1, 0.15) is 6.04 Å². The van der Waals surface area contributed by atoms with Gasteiger partial charge in [-0.25, -0.2) is 0 Å². The van der Waals surface area contributed by atoms with Crippen molar-refractivity contribution in [2.75, 3.05) is 19.8 Å². The molecule has 0 fully saturated rings. The van der Waals surface area contributed by atoms with E-state index < -0.39 is 6.04 Å². The Labute approximate surface area is 199 Å². The molecule has 32 heavy (non-hydrogen) atoms. The minimum absolute atomic E-state index is 0.0735. The van der Waals surface area contributed by atoms with E-state index in [0.717, 1.165) is 15.6 Å². The minimum Gasteiger partial charge on any atom is -0.490 e. The number of hydrogen-bond donors (Lipinski definition) is 1. The van der Waals surface area contributed by atoms with Gasteiger partial charge in [-0.1, -0.05) is 34.1 Å². The summed E-state index contributed by atoms with van der Waals surface area (Å²) >= 11 is 3.47. The highest BCUT2D eigenvalue weighted by Gasteiger charge is 2.25. The molecule has 174 valence electrons. The molecule has 2 aromatic rings. The van der Waals surface area contributed by atoms with Gasteiger partial charge in [-0.2, -0.15) is 0 Å². The minimum atomic E-state index is -0.569. The summed E-state index contributed by atoms with van der Waals surface area (Å²) in [6.45, 7) is 9.47. The van der Waals surface area contributed by atoms with Gasteiger partial charge < -0.3 is 19.7 Å². The summed E-state index contributed by atoms with van der Waals surface area (Å²) in [6.07, 6.45) is 0.833. The molecule has 0 aliphatic rings. The van der Waals surface area contributed by atoms with Gasteiger partial charge in [-0.05, 0) is 69.5 Å². The fourth-order valence-corrected chi connectivity index (χ4v) is 3.83. The SMILES string of the molecule is CCNC(=O)[C@H](C)N(Cc1cccc(Br)c1)C(=O)CCc1ccc(OCC)c(OCC)c1. The maximum atomic E-state index is 13.2. The summed E-state index contributed by atoms with van der Waals surface area (Å²) in [5, 5.41) is 2.82. The van der Waals surface area contributed by atoms with E-state index in [9.17, 15) is 9.59 Å². The lowest BCUT2D eigenvalue weighted by atomic mass is 10.1. The molecule has 1 atom stereocenters. The number of nitrogens with one attached hydrogen (secondary N) is 1. The van der Waals surface area contributed by atoms with Crippen LogP contribution in [0.15, 0.2) is 46.9 Å². The highest BCUT2D eigenvalue weighted by molar-refractivity contribution is 9.10. The Morgan fingerprint density at radius 3 is 2.38 bits per heavy atom. The lowest BCUT2D eigenvalue weighted by Gasteiger charge is -2.29. The first-order valence-electron chi connectivity index (χ1n) is 11.1. The van der Waals surface area contributed by atoms with Crippen LogP contribution in [0.2, 0.25) is 0 Å². The van der Waals surface area contributed by atoms with Crippen LogP contribution in [-0.2, 0) is 22.6 Å². The van der Waals surface area contributed by atoms with Crippen molar-refractivity contribution in [3.05, 3.63) is 58.1 Å². The van der Waals surface area contributed by atoms with Crippen molar-refractivity contribution in [1.29, 1.82) is 0 Å². The van der Waals surface area contributed by atoms with Crippen LogP contribution in [0.5, 0.6) is 11.5 Å². The molecule has 0 heterocycles. The lowest BCUT2D eigenvalue weighted by Crippen LogP contribution is -2.47. The third-order valence-corrected chi connectivity index (χ3v) is 5.49. The molecule has 2 rings (SSSR count). The van der Waals surface area contributed by atoms with Gasteiger partial charge in [0.25, 0.3) is 0 Å². The van der Waals surface area contributed by atoms with E-state index in [1.54, 1.807) is 11.8 Å². The maximum Gasteiger partial charge on any atom is 0.242 e. The Bertz CT molecular complexity index is 903. The summed E-state index contributed by atoms with van der Waals surface area (Å²) in [5.41, 5.74) is 1.95. The number of rotatable bonds is 12. The van der Waals surface area contributed by atoms with Gasteiger partial charge in [0, 0.05) is 24.0 Å². The second-order valence-electron chi connectivity index (χ2n) is 7.37. The number of amides is 2. The standard InChI is InChI=1S/C25H33BrN2O4/c1-5-27-25(30)18(4)28(17-20-9-8-10-21(26)15-20)24(29)14-12-19-11-13-22(31-6-2)23(16-19)32-7-3/h8-11,13,15-16,18H,5-7,12,14,17H2,1-4H3,(H,27,30)/t18-/m0/s1. The Kier molecular flexibility index (Phi) is 10.5. The number of aryl methyl sites for hydroxylation is 1. The number of hydrogen-bond acceptors (Lipinski definition) is 4. The second-order valence-corrected chi connectivity index (χ2v) is 8.28. The molecule has 0 saturated carbocycles. The van der Waals surface area contributed by atoms with Crippen LogP contribution in [0.1, 0.15) is 45.2 Å². The number of nitrogens with zero attached hydrogens (tertiary/aromatic N) is 1. The fourth-order valence-electron chi connectivity index (χ4n) is 3.38. The van der Waals surface area contributed by atoms with Crippen molar-refractivity contribution in [2.45, 2.75) is 53.1 Å². The van der Waals surface area contributed by atoms with Crippen molar-refractivity contribution in [3.63, 3.8) is 0 Å². The van der Waals surface area contributed by atoms with Crippen molar-refractivity contribution in [3.8, 4) is 11.5 Å². The monoisotopic (exact) mass is 504 g/mol. The smallest absolute Gasteiger partial charge is 0.242 e. The van der Waals surface area contributed by atoms with Crippen LogP contribution in [0.3, 0.4) is 0 Å². The van der Waals surface area contributed by atoms with E-state index in [1.165, 1.54) is 0 Å². The van der Waals surface area contributed by atoms with Crippen molar-refractivity contribution >= 4 is 27.7 Å². The van der Waals surface area contributed by atoms with Crippen LogP contribution in [-0.4, -0.2) is 42.5 Å². The van der Waals surface area contributed by atoms with E-state index in [2.05, 4.69) is 21.2 Å². The molecule has 1 N–H and O–H groups in total. The molecule has 0 aliphatic carbocycles. The zero-order valence-electron chi connectivity index (χ0n) is 19.3. The summed E-state index contributed by atoms with van der Waals surface area (Å²) in [4.78, 5) is 27.3. The Morgan fingerprint density at radius 2 is 1.72 bits per heavy atom. The van der Waals surface area contributed by atoms with Crippen LogP contribution >= 0.6 is 15.9 Å². The molecule has 0 aliphatic heterocycles. The van der Waals surface area contributed by atoms with Gasteiger partial charge >= 0.3 is 0 Å². The van der Waals surface area contributed by atoms with Gasteiger partial charge in [-0.3, -0.25) is 9.59 Å². The molecule has 0 saturated heterocycles. The summed E-state index contributed by atoms with van der Waals surface area (Å²) in [7, 11) is 0. The zero-order chi connectivity index (χ0) is 23.5. The lowest BCUT2D eigenvalue weighted by molar-refractivity contribution is -0.140. The average molecular weight is 505 g/mol. The Hall–Kier alpha value is -2.54. The van der Waals surface area contributed by atoms with E-state index in [0.29, 0.717) is 44.2 Å². The summed E-state index contributed by atoms with van der Waals surface area (Å²) < 4.78 is 12.2.